The summed E-state index contributed by atoms with van der Waals surface area (Å²) in [6.07, 6.45) is 1.89. The Balaban J connectivity index is 1.81. The minimum atomic E-state index is -0.243. The number of esters is 1. The first-order valence-corrected chi connectivity index (χ1v) is 6.95. The van der Waals surface area contributed by atoms with E-state index in [1.165, 1.54) is 18.2 Å². The van der Waals surface area contributed by atoms with Gasteiger partial charge in [-0.15, -0.1) is 0 Å². The number of rotatable bonds is 6. The fourth-order valence-corrected chi connectivity index (χ4v) is 2.29. The number of hydrogen-bond donors (Lipinski definition) is 1. The van der Waals surface area contributed by atoms with Gasteiger partial charge in [-0.3, -0.25) is 4.79 Å². The van der Waals surface area contributed by atoms with E-state index in [2.05, 4.69) is 43.4 Å². The Morgan fingerprint density at radius 2 is 1.95 bits per heavy atom. The predicted octanol–water partition coefficient (Wildman–Crippen LogP) is 2.85. The summed E-state index contributed by atoms with van der Waals surface area (Å²) in [5, 5.41) is 3.37. The number of carbonyl (C=O) groups is 1. The first kappa shape index (κ1) is 14.1. The highest BCUT2D eigenvalue weighted by molar-refractivity contribution is 5.80. The van der Waals surface area contributed by atoms with Gasteiger partial charge in [0.2, 0.25) is 0 Å². The largest absolute Gasteiger partial charge is 0.469 e. The van der Waals surface area contributed by atoms with E-state index in [-0.39, 0.29) is 11.4 Å². The minimum absolute atomic E-state index is 0.0739. The van der Waals surface area contributed by atoms with Crippen molar-refractivity contribution in [2.45, 2.75) is 39.2 Å². The van der Waals surface area contributed by atoms with Gasteiger partial charge in [-0.05, 0) is 29.9 Å². The van der Waals surface area contributed by atoms with Crippen LogP contribution in [0.25, 0.3) is 0 Å². The number of nitrogens with one attached hydrogen (secondary N) is 1. The smallest absolute Gasteiger partial charge is 0.313 e. The van der Waals surface area contributed by atoms with Crippen LogP contribution >= 0.6 is 0 Å². The molecule has 0 heterocycles. The first-order valence-electron chi connectivity index (χ1n) is 6.95. The molecule has 0 spiro atoms. The Morgan fingerprint density at radius 1 is 1.32 bits per heavy atom. The zero-order chi connectivity index (χ0) is 13.9. The molecule has 2 rings (SSSR count). The standard InChI is InChI=1S/C16H23NO2/c1-12(2)14-6-4-13(5-7-14)10-17-11-16(8-9-16)15(18)19-3/h4-7,12,17H,8-11H2,1-3H3. The van der Waals surface area contributed by atoms with Crippen LogP contribution in [0.1, 0.15) is 43.7 Å². The average molecular weight is 261 g/mol. The maximum atomic E-state index is 11.6. The molecule has 0 bridgehead atoms. The quantitative estimate of drug-likeness (QED) is 0.800. The van der Waals surface area contributed by atoms with Gasteiger partial charge in [0.05, 0.1) is 12.5 Å². The van der Waals surface area contributed by atoms with Crippen LogP contribution in [0.4, 0.5) is 0 Å². The van der Waals surface area contributed by atoms with Crippen molar-refractivity contribution in [3.8, 4) is 0 Å². The number of carbonyl (C=O) groups excluding carboxylic acids is 1. The van der Waals surface area contributed by atoms with Gasteiger partial charge in [-0.2, -0.15) is 0 Å². The number of ether oxygens (including phenoxy) is 1. The average Bonchev–Trinajstić information content (AvgIpc) is 3.19. The monoisotopic (exact) mass is 261 g/mol. The van der Waals surface area contributed by atoms with Crippen molar-refractivity contribution >= 4 is 5.97 Å². The second-order valence-electron chi connectivity index (χ2n) is 5.77. The van der Waals surface area contributed by atoms with Crippen molar-refractivity contribution in [2.24, 2.45) is 5.41 Å². The Labute approximate surface area is 115 Å². The van der Waals surface area contributed by atoms with Crippen LogP contribution in [0.2, 0.25) is 0 Å². The summed E-state index contributed by atoms with van der Waals surface area (Å²) in [6.45, 7) is 5.91. The molecule has 0 aliphatic heterocycles. The van der Waals surface area contributed by atoms with Crippen LogP contribution in [0, 0.1) is 5.41 Å². The lowest BCUT2D eigenvalue weighted by Crippen LogP contribution is -2.30. The molecule has 1 aliphatic carbocycles. The summed E-state index contributed by atoms with van der Waals surface area (Å²) in [6, 6.07) is 8.66. The topological polar surface area (TPSA) is 38.3 Å². The Morgan fingerprint density at radius 3 is 2.42 bits per heavy atom. The van der Waals surface area contributed by atoms with Gasteiger partial charge in [-0.25, -0.2) is 0 Å². The lowest BCUT2D eigenvalue weighted by molar-refractivity contribution is -0.146. The molecule has 3 heteroatoms. The van der Waals surface area contributed by atoms with E-state index in [4.69, 9.17) is 4.74 Å². The number of benzene rings is 1. The molecule has 0 unspecified atom stereocenters. The van der Waals surface area contributed by atoms with Crippen LogP contribution in [0.5, 0.6) is 0 Å². The zero-order valence-electron chi connectivity index (χ0n) is 12.0. The molecule has 1 N–H and O–H groups in total. The van der Waals surface area contributed by atoms with Crippen molar-refractivity contribution in [3.05, 3.63) is 35.4 Å². The maximum Gasteiger partial charge on any atom is 0.313 e. The number of hydrogen-bond acceptors (Lipinski definition) is 3. The molecule has 19 heavy (non-hydrogen) atoms. The van der Waals surface area contributed by atoms with Crippen LogP contribution in [0.3, 0.4) is 0 Å². The van der Waals surface area contributed by atoms with E-state index >= 15 is 0 Å². The third kappa shape index (κ3) is 3.35. The summed E-state index contributed by atoms with van der Waals surface area (Å²) < 4.78 is 4.84. The van der Waals surface area contributed by atoms with Gasteiger partial charge in [0.1, 0.15) is 0 Å². The second-order valence-corrected chi connectivity index (χ2v) is 5.77. The molecule has 1 aromatic rings. The molecule has 1 fully saturated rings. The number of methoxy groups -OCH3 is 1. The highest BCUT2D eigenvalue weighted by Gasteiger charge is 2.50. The summed E-state index contributed by atoms with van der Waals surface area (Å²) in [5.74, 6) is 0.492. The van der Waals surface area contributed by atoms with Crippen LogP contribution in [0.15, 0.2) is 24.3 Å². The lowest BCUT2D eigenvalue weighted by atomic mass is 10.0. The molecule has 104 valence electrons. The molecular formula is C16H23NO2. The van der Waals surface area contributed by atoms with Crippen LogP contribution < -0.4 is 5.32 Å². The Bertz CT molecular complexity index is 433. The highest BCUT2D eigenvalue weighted by atomic mass is 16.5. The van der Waals surface area contributed by atoms with Crippen LogP contribution in [-0.2, 0) is 16.1 Å². The van der Waals surface area contributed by atoms with Crippen molar-refractivity contribution in [2.75, 3.05) is 13.7 Å². The summed E-state index contributed by atoms with van der Waals surface area (Å²) in [7, 11) is 1.47. The van der Waals surface area contributed by atoms with E-state index in [1.54, 1.807) is 0 Å². The third-order valence-electron chi connectivity index (χ3n) is 3.91. The summed E-state index contributed by atoms with van der Waals surface area (Å²) >= 11 is 0. The van der Waals surface area contributed by atoms with Gasteiger partial charge in [-0.1, -0.05) is 38.1 Å². The van der Waals surface area contributed by atoms with Gasteiger partial charge < -0.3 is 10.1 Å². The molecular weight excluding hydrogens is 238 g/mol. The highest BCUT2D eigenvalue weighted by Crippen LogP contribution is 2.46. The molecule has 1 aliphatic rings. The van der Waals surface area contributed by atoms with E-state index < -0.39 is 0 Å². The summed E-state index contributed by atoms with van der Waals surface area (Å²) in [5.41, 5.74) is 2.37. The van der Waals surface area contributed by atoms with Crippen molar-refractivity contribution in [1.82, 2.24) is 5.32 Å². The van der Waals surface area contributed by atoms with E-state index in [1.807, 2.05) is 0 Å². The van der Waals surface area contributed by atoms with E-state index in [0.717, 1.165) is 19.4 Å². The molecule has 0 radical (unpaired) electrons. The summed E-state index contributed by atoms with van der Waals surface area (Å²) in [4.78, 5) is 11.6. The van der Waals surface area contributed by atoms with Gasteiger partial charge in [0.25, 0.3) is 0 Å². The molecule has 1 saturated carbocycles. The van der Waals surface area contributed by atoms with Gasteiger partial charge in [0.15, 0.2) is 0 Å². The normalized spacial score (nSPS) is 16.4. The Kier molecular flexibility index (Phi) is 4.25. The van der Waals surface area contributed by atoms with Crippen molar-refractivity contribution in [1.29, 1.82) is 0 Å². The van der Waals surface area contributed by atoms with E-state index in [0.29, 0.717) is 12.5 Å². The molecule has 0 amide bonds. The van der Waals surface area contributed by atoms with Crippen LogP contribution in [-0.4, -0.2) is 19.6 Å². The fraction of sp³-hybridized carbons (Fsp3) is 0.562. The molecule has 3 nitrogen and oxygen atoms in total. The SMILES string of the molecule is COC(=O)C1(CNCc2ccc(C(C)C)cc2)CC1. The zero-order valence-corrected chi connectivity index (χ0v) is 12.0. The van der Waals surface area contributed by atoms with Crippen molar-refractivity contribution in [3.63, 3.8) is 0 Å². The minimum Gasteiger partial charge on any atom is -0.469 e. The lowest BCUT2D eigenvalue weighted by Gasteiger charge is -2.13. The predicted molar refractivity (Wildman–Crippen MR) is 75.9 cm³/mol. The maximum absolute atomic E-state index is 11.6. The third-order valence-corrected chi connectivity index (χ3v) is 3.91. The molecule has 0 saturated heterocycles. The fourth-order valence-electron chi connectivity index (χ4n) is 2.29. The van der Waals surface area contributed by atoms with Gasteiger partial charge >= 0.3 is 5.97 Å². The van der Waals surface area contributed by atoms with E-state index in [9.17, 15) is 4.79 Å². The second kappa shape index (κ2) is 5.74. The molecule has 0 atom stereocenters. The first-order chi connectivity index (χ1) is 9.07. The van der Waals surface area contributed by atoms with Crippen molar-refractivity contribution < 1.29 is 9.53 Å². The Hall–Kier alpha value is -1.35. The molecule has 0 aromatic heterocycles. The van der Waals surface area contributed by atoms with Gasteiger partial charge in [0, 0.05) is 13.1 Å². The molecule has 1 aromatic carbocycles.